The lowest BCUT2D eigenvalue weighted by atomic mass is 9.89. The molecule has 2 aliphatic rings. The lowest BCUT2D eigenvalue weighted by Gasteiger charge is -2.40. The van der Waals surface area contributed by atoms with Gasteiger partial charge in [-0.1, -0.05) is 25.0 Å². The second-order valence-electron chi connectivity index (χ2n) is 9.68. The number of hydrogen-bond acceptors (Lipinski definition) is 5. The van der Waals surface area contributed by atoms with Crippen LogP contribution >= 0.6 is 0 Å². The van der Waals surface area contributed by atoms with Gasteiger partial charge < -0.3 is 20.0 Å². The molecule has 1 saturated heterocycles. The Kier molecular flexibility index (Phi) is 7.18. The summed E-state index contributed by atoms with van der Waals surface area (Å²) in [7, 11) is 0. The molecule has 2 aromatic carbocycles. The molecule has 1 saturated carbocycles. The summed E-state index contributed by atoms with van der Waals surface area (Å²) in [4.78, 5) is 6.52. The van der Waals surface area contributed by atoms with Crippen molar-refractivity contribution < 1.29 is 22.0 Å². The second-order valence-corrected chi connectivity index (χ2v) is 9.68. The average molecular weight is 503 g/mol. The van der Waals surface area contributed by atoms with E-state index in [1.165, 1.54) is 12.1 Å². The predicted molar refractivity (Wildman–Crippen MR) is 131 cm³/mol. The Morgan fingerprint density at radius 3 is 2.47 bits per heavy atom. The predicted octanol–water partition coefficient (Wildman–Crippen LogP) is 6.48. The number of nitrogens with zero attached hydrogens (tertiary/aromatic N) is 2. The standard InChI is InChI=1S/C27H30F4N4O/c28-20-6-3-5-18(15-20)25-16-32-26(36-25)34-24-9-2-1-8-23(24)33-21-7-4-14-35(17-21)22-12-10-19(11-13-22)27(29,30)31/h3,5-6,10-13,15-16,21,23-24,33H,1-2,4,7-9,14,17H2,(H,32,34)/t21-,23?,24?/m0/s1. The molecule has 0 amide bonds. The maximum Gasteiger partial charge on any atom is 0.416 e. The Hall–Kier alpha value is -3.07. The SMILES string of the molecule is Fc1cccc(-c2cnc(NC3CCCCC3N[C@H]3CCCN(c4ccc(C(F)(F)F)cc4)C3)o2)c1. The molecule has 1 aliphatic carbocycles. The topological polar surface area (TPSA) is 53.3 Å². The van der Waals surface area contributed by atoms with Crippen molar-refractivity contribution in [2.24, 2.45) is 0 Å². The van der Waals surface area contributed by atoms with Crippen LogP contribution in [0.4, 0.5) is 29.3 Å². The summed E-state index contributed by atoms with van der Waals surface area (Å²) in [5.41, 5.74) is 0.832. The Morgan fingerprint density at radius 1 is 0.944 bits per heavy atom. The number of benzene rings is 2. The average Bonchev–Trinajstić information content (AvgIpc) is 3.34. The van der Waals surface area contributed by atoms with Crippen LogP contribution < -0.4 is 15.5 Å². The van der Waals surface area contributed by atoms with Gasteiger partial charge in [0.05, 0.1) is 11.8 Å². The first kappa shape index (κ1) is 24.6. The number of nitrogens with one attached hydrogen (secondary N) is 2. The van der Waals surface area contributed by atoms with Gasteiger partial charge >= 0.3 is 6.18 Å². The highest BCUT2D eigenvalue weighted by molar-refractivity contribution is 5.57. The minimum Gasteiger partial charge on any atom is -0.424 e. The molecule has 5 nitrogen and oxygen atoms in total. The maximum absolute atomic E-state index is 13.6. The molecular weight excluding hydrogens is 472 g/mol. The van der Waals surface area contributed by atoms with Crippen LogP contribution in [0.1, 0.15) is 44.1 Å². The highest BCUT2D eigenvalue weighted by Gasteiger charge is 2.32. The van der Waals surface area contributed by atoms with Crippen LogP contribution in [0, 0.1) is 5.82 Å². The van der Waals surface area contributed by atoms with Crippen molar-refractivity contribution in [2.75, 3.05) is 23.3 Å². The van der Waals surface area contributed by atoms with Gasteiger partial charge in [-0.05, 0) is 62.1 Å². The van der Waals surface area contributed by atoms with Crippen LogP contribution in [-0.2, 0) is 6.18 Å². The van der Waals surface area contributed by atoms with Crippen LogP contribution in [0.3, 0.4) is 0 Å². The lowest BCUT2D eigenvalue weighted by molar-refractivity contribution is -0.137. The quantitative estimate of drug-likeness (QED) is 0.378. The fourth-order valence-corrected chi connectivity index (χ4v) is 5.29. The molecular formula is C27H30F4N4O. The molecule has 192 valence electrons. The lowest BCUT2D eigenvalue weighted by Crippen LogP contribution is -2.54. The van der Waals surface area contributed by atoms with E-state index in [-0.39, 0.29) is 23.9 Å². The zero-order valence-electron chi connectivity index (χ0n) is 19.9. The van der Waals surface area contributed by atoms with Gasteiger partial charge in [-0.2, -0.15) is 13.2 Å². The summed E-state index contributed by atoms with van der Waals surface area (Å²) < 4.78 is 58.2. The molecule has 0 radical (unpaired) electrons. The summed E-state index contributed by atoms with van der Waals surface area (Å²) in [5, 5.41) is 7.24. The molecule has 9 heteroatoms. The summed E-state index contributed by atoms with van der Waals surface area (Å²) in [5.74, 6) is 0.185. The number of aromatic nitrogens is 1. The van der Waals surface area contributed by atoms with E-state index in [0.717, 1.165) is 69.4 Å². The normalized spacial score (nSPS) is 23.0. The highest BCUT2D eigenvalue weighted by atomic mass is 19.4. The molecule has 2 N–H and O–H groups in total. The maximum atomic E-state index is 13.6. The number of anilines is 2. The summed E-state index contributed by atoms with van der Waals surface area (Å²) in [6, 6.07) is 12.7. The van der Waals surface area contributed by atoms with Crippen molar-refractivity contribution in [3.8, 4) is 11.3 Å². The van der Waals surface area contributed by atoms with Gasteiger partial charge in [0.25, 0.3) is 6.01 Å². The van der Waals surface area contributed by atoms with Gasteiger partial charge in [-0.25, -0.2) is 9.37 Å². The Labute approximate surface area is 207 Å². The van der Waals surface area contributed by atoms with Gasteiger partial charge in [0.15, 0.2) is 5.76 Å². The summed E-state index contributed by atoms with van der Waals surface area (Å²) in [6.45, 7) is 1.58. The van der Waals surface area contributed by atoms with E-state index in [0.29, 0.717) is 17.3 Å². The van der Waals surface area contributed by atoms with E-state index in [9.17, 15) is 17.6 Å². The first-order chi connectivity index (χ1) is 17.3. The molecule has 1 aromatic heterocycles. The fraction of sp³-hybridized carbons (Fsp3) is 0.444. The van der Waals surface area contributed by atoms with Gasteiger partial charge in [0.2, 0.25) is 0 Å². The Balaban J connectivity index is 1.21. The smallest absolute Gasteiger partial charge is 0.416 e. The molecule has 36 heavy (non-hydrogen) atoms. The van der Waals surface area contributed by atoms with Crippen molar-refractivity contribution in [2.45, 2.75) is 62.8 Å². The zero-order valence-corrected chi connectivity index (χ0v) is 19.9. The second kappa shape index (κ2) is 10.5. The van der Waals surface area contributed by atoms with Gasteiger partial charge in [0.1, 0.15) is 5.82 Å². The van der Waals surface area contributed by atoms with Gasteiger partial charge in [-0.15, -0.1) is 0 Å². The van der Waals surface area contributed by atoms with E-state index in [2.05, 4.69) is 20.5 Å². The van der Waals surface area contributed by atoms with Crippen LogP contribution in [0.5, 0.6) is 0 Å². The molecule has 0 spiro atoms. The first-order valence-corrected chi connectivity index (χ1v) is 12.5. The molecule has 2 heterocycles. The largest absolute Gasteiger partial charge is 0.424 e. The minimum absolute atomic E-state index is 0.138. The monoisotopic (exact) mass is 502 g/mol. The third kappa shape index (κ3) is 5.83. The zero-order chi connectivity index (χ0) is 25.1. The first-order valence-electron chi connectivity index (χ1n) is 12.5. The Bertz CT molecular complexity index is 1150. The molecule has 2 unspecified atom stereocenters. The van der Waals surface area contributed by atoms with Crippen molar-refractivity contribution in [3.05, 3.63) is 66.1 Å². The summed E-state index contributed by atoms with van der Waals surface area (Å²) in [6.07, 6.45) is 3.50. The number of halogens is 4. The minimum atomic E-state index is -4.32. The number of oxazole rings is 1. The number of hydrogen-bond donors (Lipinski definition) is 2. The van der Waals surface area contributed by atoms with Crippen molar-refractivity contribution >= 4 is 11.7 Å². The summed E-state index contributed by atoms with van der Waals surface area (Å²) >= 11 is 0. The van der Waals surface area contributed by atoms with Gasteiger partial charge in [0, 0.05) is 42.5 Å². The van der Waals surface area contributed by atoms with E-state index in [1.54, 1.807) is 30.5 Å². The Morgan fingerprint density at radius 2 is 1.72 bits per heavy atom. The number of rotatable bonds is 6. The van der Waals surface area contributed by atoms with Crippen LogP contribution in [0.2, 0.25) is 0 Å². The van der Waals surface area contributed by atoms with Crippen LogP contribution in [0.15, 0.2) is 59.1 Å². The van der Waals surface area contributed by atoms with E-state index in [1.807, 2.05) is 0 Å². The highest BCUT2D eigenvalue weighted by Crippen LogP contribution is 2.32. The molecule has 3 aromatic rings. The third-order valence-corrected chi connectivity index (χ3v) is 7.12. The van der Waals surface area contributed by atoms with Crippen molar-refractivity contribution in [1.82, 2.24) is 10.3 Å². The number of alkyl halides is 3. The van der Waals surface area contributed by atoms with Crippen molar-refractivity contribution in [1.29, 1.82) is 0 Å². The van der Waals surface area contributed by atoms with E-state index >= 15 is 0 Å². The van der Waals surface area contributed by atoms with Crippen molar-refractivity contribution in [3.63, 3.8) is 0 Å². The third-order valence-electron chi connectivity index (χ3n) is 7.12. The molecule has 0 bridgehead atoms. The van der Waals surface area contributed by atoms with Crippen LogP contribution in [-0.4, -0.2) is 36.2 Å². The van der Waals surface area contributed by atoms with E-state index in [4.69, 9.17) is 4.42 Å². The van der Waals surface area contributed by atoms with Crippen LogP contribution in [0.25, 0.3) is 11.3 Å². The molecule has 3 atom stereocenters. The van der Waals surface area contributed by atoms with Gasteiger partial charge in [-0.3, -0.25) is 0 Å². The van der Waals surface area contributed by atoms with E-state index < -0.39 is 11.7 Å². The molecule has 1 aliphatic heterocycles. The fourth-order valence-electron chi connectivity index (χ4n) is 5.29. The molecule has 5 rings (SSSR count). The number of piperidine rings is 1. The molecule has 2 fully saturated rings.